The number of rotatable bonds is 2. The molecule has 0 spiro atoms. The summed E-state index contributed by atoms with van der Waals surface area (Å²) in [6.45, 7) is 0. The molecule has 4 rings (SSSR count). The van der Waals surface area contributed by atoms with Crippen molar-refractivity contribution in [2.75, 3.05) is 0 Å². The molecule has 2 heterocycles. The van der Waals surface area contributed by atoms with Crippen LogP contribution in [0, 0.1) is 17.1 Å². The topological polar surface area (TPSA) is 63.1 Å². The van der Waals surface area contributed by atoms with Crippen molar-refractivity contribution in [3.8, 4) is 28.5 Å². The van der Waals surface area contributed by atoms with E-state index in [9.17, 15) is 14.4 Å². The van der Waals surface area contributed by atoms with Crippen molar-refractivity contribution < 1.29 is 4.39 Å². The predicted octanol–water partition coefficient (Wildman–Crippen LogP) is 3.38. The van der Waals surface area contributed by atoms with Crippen LogP contribution in [0.3, 0.4) is 0 Å². The number of nitriles is 1. The number of nitrogens with zero attached hydrogens (tertiary/aromatic N) is 4. The van der Waals surface area contributed by atoms with Crippen molar-refractivity contribution in [2.24, 2.45) is 7.05 Å². The van der Waals surface area contributed by atoms with Crippen LogP contribution in [-0.2, 0) is 7.05 Å². The van der Waals surface area contributed by atoms with E-state index in [0.717, 1.165) is 11.1 Å². The van der Waals surface area contributed by atoms with Gasteiger partial charge in [-0.3, -0.25) is 9.20 Å². The summed E-state index contributed by atoms with van der Waals surface area (Å²) in [6, 6.07) is 14.0. The third-order valence-electron chi connectivity index (χ3n) is 4.35. The van der Waals surface area contributed by atoms with E-state index >= 15 is 0 Å². The maximum Gasteiger partial charge on any atom is 0.293 e. The highest BCUT2D eigenvalue weighted by atomic mass is 19.1. The van der Waals surface area contributed by atoms with Gasteiger partial charge in [-0.1, -0.05) is 24.3 Å². The van der Waals surface area contributed by atoms with E-state index < -0.39 is 5.82 Å². The third-order valence-corrected chi connectivity index (χ3v) is 4.35. The fourth-order valence-corrected chi connectivity index (χ4v) is 2.98. The first kappa shape index (κ1) is 15.8. The molecule has 0 N–H and O–H groups in total. The van der Waals surface area contributed by atoms with Gasteiger partial charge in [-0.05, 0) is 29.3 Å². The van der Waals surface area contributed by atoms with Crippen LogP contribution < -0.4 is 5.56 Å². The maximum absolute atomic E-state index is 14.5. The minimum absolute atomic E-state index is 0.229. The molecule has 0 aliphatic heterocycles. The van der Waals surface area contributed by atoms with Gasteiger partial charge in [-0.15, -0.1) is 0 Å². The molecule has 0 saturated heterocycles. The lowest BCUT2D eigenvalue weighted by Crippen LogP contribution is -2.18. The minimum Gasteiger partial charge on any atom is -0.314 e. The van der Waals surface area contributed by atoms with Crippen LogP contribution in [0.2, 0.25) is 0 Å². The largest absolute Gasteiger partial charge is 0.314 e. The predicted molar refractivity (Wildman–Crippen MR) is 96.0 cm³/mol. The molecule has 0 aliphatic rings. The molecular weight excluding hydrogens is 331 g/mol. The van der Waals surface area contributed by atoms with Crippen molar-refractivity contribution in [3.63, 3.8) is 0 Å². The van der Waals surface area contributed by atoms with Gasteiger partial charge < -0.3 is 4.57 Å². The number of halogens is 1. The van der Waals surface area contributed by atoms with Crippen LogP contribution in [0.5, 0.6) is 0 Å². The highest BCUT2D eigenvalue weighted by molar-refractivity contribution is 5.76. The Labute approximate surface area is 148 Å². The van der Waals surface area contributed by atoms with Crippen LogP contribution in [0.25, 0.3) is 28.0 Å². The quantitative estimate of drug-likeness (QED) is 0.560. The van der Waals surface area contributed by atoms with Crippen molar-refractivity contribution in [1.29, 1.82) is 5.26 Å². The first-order chi connectivity index (χ1) is 12.6. The van der Waals surface area contributed by atoms with Gasteiger partial charge in [-0.25, -0.2) is 9.37 Å². The lowest BCUT2D eigenvalue weighted by molar-refractivity contribution is 0.630. The molecule has 0 fully saturated rings. The smallest absolute Gasteiger partial charge is 0.293 e. The molecular formula is C20H13FN4O. The molecule has 26 heavy (non-hydrogen) atoms. The van der Waals surface area contributed by atoms with Crippen molar-refractivity contribution in [1.82, 2.24) is 14.0 Å². The minimum atomic E-state index is -0.425. The molecule has 4 aromatic rings. The van der Waals surface area contributed by atoms with Gasteiger partial charge in [0.1, 0.15) is 5.82 Å². The SMILES string of the molecule is Cn1ccn2c(-c3cc(-c4ccccc4C#N)ccc3F)cnc2c1=O. The first-order valence-electron chi connectivity index (χ1n) is 7.92. The number of hydrogen-bond acceptors (Lipinski definition) is 3. The zero-order valence-electron chi connectivity index (χ0n) is 13.8. The number of fused-ring (bicyclic) bond motifs is 1. The van der Waals surface area contributed by atoms with Crippen LogP contribution in [0.15, 0.2) is 65.8 Å². The summed E-state index contributed by atoms with van der Waals surface area (Å²) in [6.07, 6.45) is 4.76. The fraction of sp³-hybridized carbons (Fsp3) is 0.0500. The summed E-state index contributed by atoms with van der Waals surface area (Å²) >= 11 is 0. The molecule has 0 amide bonds. The molecule has 2 aromatic heterocycles. The molecule has 0 aliphatic carbocycles. The lowest BCUT2D eigenvalue weighted by Gasteiger charge is -2.09. The molecule has 5 nitrogen and oxygen atoms in total. The Morgan fingerprint density at radius 3 is 2.73 bits per heavy atom. The van der Waals surface area contributed by atoms with Gasteiger partial charge in [0.05, 0.1) is 23.5 Å². The van der Waals surface area contributed by atoms with Crippen LogP contribution in [0.1, 0.15) is 5.56 Å². The number of hydrogen-bond donors (Lipinski definition) is 0. The Morgan fingerprint density at radius 2 is 1.92 bits per heavy atom. The summed E-state index contributed by atoms with van der Waals surface area (Å²) < 4.78 is 17.5. The summed E-state index contributed by atoms with van der Waals surface area (Å²) in [5.41, 5.74) is 2.72. The molecule has 6 heteroatoms. The Kier molecular flexibility index (Phi) is 3.63. The Balaban J connectivity index is 1.95. The number of benzene rings is 2. The molecule has 0 atom stereocenters. The van der Waals surface area contributed by atoms with E-state index in [-0.39, 0.29) is 11.2 Å². The Morgan fingerprint density at radius 1 is 1.12 bits per heavy atom. The second-order valence-corrected chi connectivity index (χ2v) is 5.90. The molecule has 0 unspecified atom stereocenters. The normalized spacial score (nSPS) is 10.8. The molecule has 126 valence electrons. The Hall–Kier alpha value is -3.72. The van der Waals surface area contributed by atoms with E-state index in [0.29, 0.717) is 16.8 Å². The highest BCUT2D eigenvalue weighted by Crippen LogP contribution is 2.30. The van der Waals surface area contributed by atoms with Gasteiger partial charge in [0, 0.05) is 25.0 Å². The van der Waals surface area contributed by atoms with Gasteiger partial charge in [-0.2, -0.15) is 5.26 Å². The van der Waals surface area contributed by atoms with Gasteiger partial charge in [0.15, 0.2) is 0 Å². The van der Waals surface area contributed by atoms with Crippen molar-refractivity contribution >= 4 is 5.65 Å². The maximum atomic E-state index is 14.5. The van der Waals surface area contributed by atoms with E-state index in [1.807, 2.05) is 12.1 Å². The molecule has 0 saturated carbocycles. The summed E-state index contributed by atoms with van der Waals surface area (Å²) in [5, 5.41) is 9.31. The van der Waals surface area contributed by atoms with E-state index in [4.69, 9.17) is 0 Å². The summed E-state index contributed by atoms with van der Waals surface area (Å²) in [5.74, 6) is -0.425. The average molecular weight is 344 g/mol. The fourth-order valence-electron chi connectivity index (χ4n) is 2.98. The van der Waals surface area contributed by atoms with E-state index in [2.05, 4.69) is 11.1 Å². The van der Waals surface area contributed by atoms with Crippen molar-refractivity contribution in [2.45, 2.75) is 0 Å². The van der Waals surface area contributed by atoms with Gasteiger partial charge >= 0.3 is 0 Å². The third kappa shape index (κ3) is 2.38. The second kappa shape index (κ2) is 5.97. The summed E-state index contributed by atoms with van der Waals surface area (Å²) in [7, 11) is 1.64. The number of aromatic nitrogens is 3. The average Bonchev–Trinajstić information content (AvgIpc) is 3.09. The van der Waals surface area contributed by atoms with Gasteiger partial charge in [0.25, 0.3) is 5.56 Å². The van der Waals surface area contributed by atoms with Crippen LogP contribution >= 0.6 is 0 Å². The first-order valence-corrected chi connectivity index (χ1v) is 7.92. The Bertz CT molecular complexity index is 1250. The van der Waals surface area contributed by atoms with E-state index in [1.54, 1.807) is 48.1 Å². The zero-order valence-corrected chi connectivity index (χ0v) is 13.8. The van der Waals surface area contributed by atoms with Crippen molar-refractivity contribution in [3.05, 3.63) is 82.8 Å². The standard InChI is InChI=1S/C20H13FN4O/c1-24-8-9-25-18(12-23-19(25)20(24)26)16-10-13(6-7-17(16)21)15-5-3-2-4-14(15)11-22/h2-10,12H,1H3. The number of imidazole rings is 1. The molecule has 0 bridgehead atoms. The second-order valence-electron chi connectivity index (χ2n) is 5.90. The molecule has 2 aromatic carbocycles. The van der Waals surface area contributed by atoms with Crippen LogP contribution in [0.4, 0.5) is 4.39 Å². The lowest BCUT2D eigenvalue weighted by atomic mass is 9.97. The monoisotopic (exact) mass is 344 g/mol. The number of aryl methyl sites for hydroxylation is 1. The van der Waals surface area contributed by atoms with Crippen LogP contribution in [-0.4, -0.2) is 14.0 Å². The highest BCUT2D eigenvalue weighted by Gasteiger charge is 2.15. The summed E-state index contributed by atoms with van der Waals surface area (Å²) in [4.78, 5) is 16.3. The van der Waals surface area contributed by atoms with Gasteiger partial charge in [0.2, 0.25) is 5.65 Å². The molecule has 0 radical (unpaired) electrons. The van der Waals surface area contributed by atoms with E-state index in [1.165, 1.54) is 16.8 Å². The zero-order chi connectivity index (χ0) is 18.3.